The van der Waals surface area contributed by atoms with Crippen molar-refractivity contribution in [1.82, 2.24) is 10.2 Å². The van der Waals surface area contributed by atoms with E-state index < -0.39 is 6.61 Å². The van der Waals surface area contributed by atoms with Crippen LogP contribution < -0.4 is 10.1 Å². The van der Waals surface area contributed by atoms with Gasteiger partial charge < -0.3 is 14.5 Å². The van der Waals surface area contributed by atoms with Gasteiger partial charge in [0.2, 0.25) is 11.8 Å². The Morgan fingerprint density at radius 2 is 1.93 bits per heavy atom. The number of alkyl halides is 2. The third kappa shape index (κ3) is 5.29. The molecule has 146 valence electrons. The van der Waals surface area contributed by atoms with Gasteiger partial charge in [-0.2, -0.15) is 8.78 Å². The van der Waals surface area contributed by atoms with Crippen LogP contribution in [-0.4, -0.2) is 28.5 Å². The molecule has 0 aliphatic rings. The number of thioether (sulfide) groups is 1. The molecule has 1 aromatic heterocycles. The van der Waals surface area contributed by atoms with Crippen LogP contribution in [0.4, 0.5) is 14.5 Å². The number of nitrogens with one attached hydrogen (secondary N) is 1. The van der Waals surface area contributed by atoms with Crippen LogP contribution in [0.2, 0.25) is 0 Å². The third-order valence-electron chi connectivity index (χ3n) is 3.72. The summed E-state index contributed by atoms with van der Waals surface area (Å²) in [5.41, 5.74) is 3.42. The summed E-state index contributed by atoms with van der Waals surface area (Å²) < 4.78 is 34.1. The van der Waals surface area contributed by atoms with Crippen molar-refractivity contribution in [2.45, 2.75) is 25.7 Å². The first-order valence-corrected chi connectivity index (χ1v) is 9.28. The van der Waals surface area contributed by atoms with E-state index in [2.05, 4.69) is 20.3 Å². The largest absolute Gasteiger partial charge is 0.435 e. The zero-order chi connectivity index (χ0) is 20.1. The molecule has 6 nitrogen and oxygen atoms in total. The average Bonchev–Trinajstić information content (AvgIpc) is 3.11. The van der Waals surface area contributed by atoms with E-state index in [4.69, 9.17) is 4.42 Å². The number of aryl methyl sites for hydroxylation is 2. The number of ether oxygens (including phenoxy) is 1. The number of amides is 1. The SMILES string of the molecule is Cc1ccc(NC(=O)CSc2nnc(-c3ccc(OC(F)F)cc3)o2)c(C)c1. The van der Waals surface area contributed by atoms with Gasteiger partial charge in [0.05, 0.1) is 5.75 Å². The van der Waals surface area contributed by atoms with E-state index >= 15 is 0 Å². The summed E-state index contributed by atoms with van der Waals surface area (Å²) in [6.07, 6.45) is 0. The molecular weight excluding hydrogens is 388 g/mol. The van der Waals surface area contributed by atoms with Gasteiger partial charge in [0.25, 0.3) is 5.22 Å². The number of carbonyl (C=O) groups excluding carboxylic acids is 1. The van der Waals surface area contributed by atoms with Crippen LogP contribution in [0.3, 0.4) is 0 Å². The van der Waals surface area contributed by atoms with Crippen LogP contribution in [0.25, 0.3) is 11.5 Å². The Kier molecular flexibility index (Phi) is 6.25. The van der Waals surface area contributed by atoms with Crippen molar-refractivity contribution >= 4 is 23.4 Å². The van der Waals surface area contributed by atoms with Crippen LogP contribution in [0.15, 0.2) is 52.1 Å². The summed E-state index contributed by atoms with van der Waals surface area (Å²) in [6, 6.07) is 11.6. The van der Waals surface area contributed by atoms with Gasteiger partial charge in [0.15, 0.2) is 0 Å². The Bertz CT molecular complexity index is 961. The summed E-state index contributed by atoms with van der Waals surface area (Å²) in [5.74, 6) is 0.179. The van der Waals surface area contributed by atoms with E-state index in [0.29, 0.717) is 5.56 Å². The number of rotatable bonds is 7. The number of hydrogen-bond donors (Lipinski definition) is 1. The molecule has 0 saturated carbocycles. The molecular formula is C19H17F2N3O3S. The molecule has 0 radical (unpaired) electrons. The second-order valence-electron chi connectivity index (χ2n) is 5.93. The van der Waals surface area contributed by atoms with Gasteiger partial charge in [0, 0.05) is 11.3 Å². The number of aromatic nitrogens is 2. The monoisotopic (exact) mass is 405 g/mol. The van der Waals surface area contributed by atoms with Gasteiger partial charge in [-0.3, -0.25) is 4.79 Å². The highest BCUT2D eigenvalue weighted by molar-refractivity contribution is 7.99. The van der Waals surface area contributed by atoms with Crippen molar-refractivity contribution < 1.29 is 22.7 Å². The highest BCUT2D eigenvalue weighted by Crippen LogP contribution is 2.25. The second kappa shape index (κ2) is 8.83. The summed E-state index contributed by atoms with van der Waals surface area (Å²) in [6.45, 7) is 1.03. The minimum absolute atomic E-state index is 0.0379. The van der Waals surface area contributed by atoms with E-state index in [1.807, 2.05) is 32.0 Å². The molecule has 1 heterocycles. The summed E-state index contributed by atoms with van der Waals surface area (Å²) >= 11 is 1.11. The molecule has 0 bridgehead atoms. The molecule has 1 N–H and O–H groups in total. The Morgan fingerprint density at radius 3 is 2.61 bits per heavy atom. The summed E-state index contributed by atoms with van der Waals surface area (Å²) in [7, 11) is 0. The van der Waals surface area contributed by atoms with E-state index in [0.717, 1.165) is 28.6 Å². The van der Waals surface area contributed by atoms with Gasteiger partial charge in [-0.25, -0.2) is 0 Å². The Balaban J connectivity index is 1.56. The van der Waals surface area contributed by atoms with Crippen LogP contribution in [0.5, 0.6) is 5.75 Å². The fourth-order valence-corrected chi connectivity index (χ4v) is 2.99. The molecule has 3 aromatic rings. The highest BCUT2D eigenvalue weighted by atomic mass is 32.2. The lowest BCUT2D eigenvalue weighted by atomic mass is 10.1. The van der Waals surface area contributed by atoms with E-state index in [1.165, 1.54) is 24.3 Å². The van der Waals surface area contributed by atoms with Crippen molar-refractivity contribution in [2.24, 2.45) is 0 Å². The fourth-order valence-electron chi connectivity index (χ4n) is 2.43. The Hall–Kier alpha value is -2.94. The zero-order valence-corrected chi connectivity index (χ0v) is 15.9. The molecule has 9 heteroatoms. The van der Waals surface area contributed by atoms with Crippen LogP contribution in [0.1, 0.15) is 11.1 Å². The van der Waals surface area contributed by atoms with Crippen LogP contribution in [0, 0.1) is 13.8 Å². The first kappa shape index (κ1) is 19.8. The van der Waals surface area contributed by atoms with Gasteiger partial charge in [-0.1, -0.05) is 29.5 Å². The molecule has 28 heavy (non-hydrogen) atoms. The minimum Gasteiger partial charge on any atom is -0.435 e. The highest BCUT2D eigenvalue weighted by Gasteiger charge is 2.13. The summed E-state index contributed by atoms with van der Waals surface area (Å²) in [4.78, 5) is 12.1. The zero-order valence-electron chi connectivity index (χ0n) is 15.1. The number of anilines is 1. The molecule has 0 unspecified atom stereocenters. The normalized spacial score (nSPS) is 10.9. The van der Waals surface area contributed by atoms with Gasteiger partial charge in [0.1, 0.15) is 5.75 Å². The van der Waals surface area contributed by atoms with Crippen molar-refractivity contribution in [1.29, 1.82) is 0 Å². The maximum absolute atomic E-state index is 12.2. The maximum atomic E-state index is 12.2. The van der Waals surface area contributed by atoms with Gasteiger partial charge in [-0.05, 0) is 49.7 Å². The second-order valence-corrected chi connectivity index (χ2v) is 6.86. The summed E-state index contributed by atoms with van der Waals surface area (Å²) in [5, 5.41) is 10.9. The fraction of sp³-hybridized carbons (Fsp3) is 0.211. The lowest BCUT2D eigenvalue weighted by molar-refractivity contribution is -0.113. The first-order valence-electron chi connectivity index (χ1n) is 8.29. The van der Waals surface area contributed by atoms with Crippen molar-refractivity contribution in [2.75, 3.05) is 11.1 Å². The lowest BCUT2D eigenvalue weighted by Crippen LogP contribution is -2.14. The molecule has 0 saturated heterocycles. The molecule has 0 atom stereocenters. The molecule has 2 aromatic carbocycles. The maximum Gasteiger partial charge on any atom is 0.387 e. The molecule has 0 aliphatic heterocycles. The van der Waals surface area contributed by atoms with E-state index in [1.54, 1.807) is 0 Å². The number of nitrogens with zero attached hydrogens (tertiary/aromatic N) is 2. The quantitative estimate of drug-likeness (QED) is 0.575. The van der Waals surface area contributed by atoms with Gasteiger partial charge >= 0.3 is 6.61 Å². The van der Waals surface area contributed by atoms with Crippen LogP contribution >= 0.6 is 11.8 Å². The van der Waals surface area contributed by atoms with E-state index in [-0.39, 0.29) is 28.5 Å². The lowest BCUT2D eigenvalue weighted by Gasteiger charge is -2.08. The average molecular weight is 405 g/mol. The molecule has 0 spiro atoms. The molecule has 0 fully saturated rings. The topological polar surface area (TPSA) is 77.2 Å². The Labute approximate surface area is 164 Å². The Morgan fingerprint density at radius 1 is 1.18 bits per heavy atom. The predicted molar refractivity (Wildman–Crippen MR) is 102 cm³/mol. The standard InChI is InChI=1S/C19H17F2N3O3S/c1-11-3-8-15(12(2)9-11)22-16(25)10-28-19-24-23-17(27-19)13-4-6-14(7-5-13)26-18(20)21/h3-9,18H,10H2,1-2H3,(H,22,25). The molecule has 1 amide bonds. The minimum atomic E-state index is -2.88. The number of hydrogen-bond acceptors (Lipinski definition) is 6. The number of carbonyl (C=O) groups is 1. The smallest absolute Gasteiger partial charge is 0.387 e. The molecule has 3 rings (SSSR count). The van der Waals surface area contributed by atoms with Crippen molar-refractivity contribution in [3.8, 4) is 17.2 Å². The third-order valence-corrected chi connectivity index (χ3v) is 4.53. The van der Waals surface area contributed by atoms with Crippen molar-refractivity contribution in [3.63, 3.8) is 0 Å². The predicted octanol–water partition coefficient (Wildman–Crippen LogP) is 4.69. The van der Waals surface area contributed by atoms with Crippen molar-refractivity contribution in [3.05, 3.63) is 53.6 Å². The number of benzene rings is 2. The van der Waals surface area contributed by atoms with Crippen LogP contribution in [-0.2, 0) is 4.79 Å². The van der Waals surface area contributed by atoms with Gasteiger partial charge in [-0.15, -0.1) is 10.2 Å². The first-order chi connectivity index (χ1) is 13.4. The molecule has 0 aliphatic carbocycles. The van der Waals surface area contributed by atoms with E-state index in [9.17, 15) is 13.6 Å². The number of halogens is 2.